The highest BCUT2D eigenvalue weighted by Crippen LogP contribution is 2.26. The van der Waals surface area contributed by atoms with Gasteiger partial charge in [0.1, 0.15) is 5.75 Å². The molecular formula is C25H21N3O2. The number of hydrogen-bond donors (Lipinski definition) is 0. The average Bonchev–Trinajstić information content (AvgIpc) is 3.21. The fraction of sp³-hybridized carbons (Fsp3) is 0.0800. The van der Waals surface area contributed by atoms with Crippen LogP contribution in [0.15, 0.2) is 91.4 Å². The molecular weight excluding hydrogens is 374 g/mol. The first-order valence-corrected chi connectivity index (χ1v) is 9.61. The number of ether oxygens (including phenoxy) is 1. The molecule has 0 spiro atoms. The molecule has 0 saturated heterocycles. The van der Waals surface area contributed by atoms with E-state index in [1.807, 2.05) is 59.4 Å². The standard InChI is InChI=1S/C25H21N3O2/c1-30-23-12-9-20(10-13-23)25-22(11-14-24(29)21-8-5-15-26-16-21)18-28(27-25)17-19-6-3-2-4-7-19/h2-16,18H,17H2,1H3/b14-11+. The summed E-state index contributed by atoms with van der Waals surface area (Å²) in [6.45, 7) is 0.647. The first-order chi connectivity index (χ1) is 14.7. The number of benzene rings is 2. The van der Waals surface area contributed by atoms with Crippen LogP contribution in [0, 0.1) is 0 Å². The Hall–Kier alpha value is -3.99. The SMILES string of the molecule is COc1ccc(-c2nn(Cc3ccccc3)cc2/C=C/C(=O)c2cccnc2)cc1. The fourth-order valence-electron chi connectivity index (χ4n) is 3.15. The van der Waals surface area contributed by atoms with Gasteiger partial charge in [-0.3, -0.25) is 14.5 Å². The Balaban J connectivity index is 1.67. The number of pyridine rings is 1. The van der Waals surface area contributed by atoms with E-state index >= 15 is 0 Å². The highest BCUT2D eigenvalue weighted by atomic mass is 16.5. The van der Waals surface area contributed by atoms with Crippen molar-refractivity contribution in [2.75, 3.05) is 7.11 Å². The number of aromatic nitrogens is 3. The van der Waals surface area contributed by atoms with Crippen LogP contribution in [0.25, 0.3) is 17.3 Å². The highest BCUT2D eigenvalue weighted by molar-refractivity contribution is 6.06. The van der Waals surface area contributed by atoms with Gasteiger partial charge in [0, 0.05) is 35.3 Å². The molecule has 0 N–H and O–H groups in total. The Morgan fingerprint density at radius 2 is 1.83 bits per heavy atom. The van der Waals surface area contributed by atoms with Gasteiger partial charge in [0.25, 0.3) is 0 Å². The molecule has 2 aromatic carbocycles. The van der Waals surface area contributed by atoms with Gasteiger partial charge in [-0.05, 0) is 54.1 Å². The number of carbonyl (C=O) groups excluding carboxylic acids is 1. The summed E-state index contributed by atoms with van der Waals surface area (Å²) in [6, 6.07) is 21.4. The van der Waals surface area contributed by atoms with Crippen molar-refractivity contribution in [3.05, 3.63) is 108 Å². The van der Waals surface area contributed by atoms with Gasteiger partial charge in [-0.15, -0.1) is 0 Å². The maximum absolute atomic E-state index is 12.5. The smallest absolute Gasteiger partial charge is 0.187 e. The van der Waals surface area contributed by atoms with Crippen molar-refractivity contribution in [2.45, 2.75) is 6.54 Å². The maximum Gasteiger partial charge on any atom is 0.187 e. The lowest BCUT2D eigenvalue weighted by Crippen LogP contribution is -2.00. The Bertz CT molecular complexity index is 1150. The molecule has 0 bridgehead atoms. The van der Waals surface area contributed by atoms with Crippen molar-refractivity contribution in [1.29, 1.82) is 0 Å². The van der Waals surface area contributed by atoms with E-state index in [-0.39, 0.29) is 5.78 Å². The van der Waals surface area contributed by atoms with Gasteiger partial charge in [-0.1, -0.05) is 30.3 Å². The minimum atomic E-state index is -0.0976. The zero-order valence-corrected chi connectivity index (χ0v) is 16.6. The Labute approximate surface area is 175 Å². The lowest BCUT2D eigenvalue weighted by atomic mass is 10.1. The zero-order chi connectivity index (χ0) is 20.8. The monoisotopic (exact) mass is 395 g/mol. The Morgan fingerprint density at radius 3 is 2.53 bits per heavy atom. The number of hydrogen-bond acceptors (Lipinski definition) is 4. The topological polar surface area (TPSA) is 57.0 Å². The van der Waals surface area contributed by atoms with Crippen molar-refractivity contribution < 1.29 is 9.53 Å². The molecule has 30 heavy (non-hydrogen) atoms. The first kappa shape index (κ1) is 19.3. The van der Waals surface area contributed by atoms with Crippen LogP contribution in [-0.2, 0) is 6.54 Å². The number of rotatable bonds is 7. The highest BCUT2D eigenvalue weighted by Gasteiger charge is 2.11. The van der Waals surface area contributed by atoms with Crippen LogP contribution in [0.4, 0.5) is 0 Å². The lowest BCUT2D eigenvalue weighted by molar-refractivity contribution is 0.104. The van der Waals surface area contributed by atoms with E-state index in [0.29, 0.717) is 12.1 Å². The summed E-state index contributed by atoms with van der Waals surface area (Å²) in [6.07, 6.45) is 8.54. The van der Waals surface area contributed by atoms with Crippen LogP contribution in [0.5, 0.6) is 5.75 Å². The summed E-state index contributed by atoms with van der Waals surface area (Å²) in [5.74, 6) is 0.686. The van der Waals surface area contributed by atoms with Gasteiger partial charge >= 0.3 is 0 Å². The Morgan fingerprint density at radius 1 is 1.03 bits per heavy atom. The summed E-state index contributed by atoms with van der Waals surface area (Å²) >= 11 is 0. The second-order valence-electron chi connectivity index (χ2n) is 6.78. The quantitative estimate of drug-likeness (QED) is 0.330. The second kappa shape index (κ2) is 9.01. The number of methoxy groups -OCH3 is 1. The van der Waals surface area contributed by atoms with Gasteiger partial charge in [0.2, 0.25) is 0 Å². The van der Waals surface area contributed by atoms with Gasteiger partial charge in [0.15, 0.2) is 5.78 Å². The van der Waals surface area contributed by atoms with Gasteiger partial charge in [-0.25, -0.2) is 0 Å². The summed E-state index contributed by atoms with van der Waals surface area (Å²) in [7, 11) is 1.64. The third-order valence-corrected chi connectivity index (χ3v) is 4.70. The van der Waals surface area contributed by atoms with Crippen molar-refractivity contribution in [3.63, 3.8) is 0 Å². The largest absolute Gasteiger partial charge is 0.497 e. The van der Waals surface area contributed by atoms with Gasteiger partial charge in [0.05, 0.1) is 19.3 Å². The first-order valence-electron chi connectivity index (χ1n) is 9.61. The molecule has 2 aromatic heterocycles. The van der Waals surface area contributed by atoms with Crippen LogP contribution in [0.2, 0.25) is 0 Å². The van der Waals surface area contributed by atoms with E-state index in [4.69, 9.17) is 9.84 Å². The van der Waals surface area contributed by atoms with E-state index in [1.165, 1.54) is 0 Å². The molecule has 4 rings (SSSR count). The molecule has 0 aliphatic carbocycles. The molecule has 0 atom stereocenters. The average molecular weight is 395 g/mol. The van der Waals surface area contributed by atoms with Crippen molar-refractivity contribution in [2.24, 2.45) is 0 Å². The molecule has 0 fully saturated rings. The minimum absolute atomic E-state index is 0.0976. The van der Waals surface area contributed by atoms with Crippen LogP contribution in [0.3, 0.4) is 0 Å². The molecule has 0 amide bonds. The minimum Gasteiger partial charge on any atom is -0.497 e. The van der Waals surface area contributed by atoms with E-state index in [2.05, 4.69) is 17.1 Å². The normalized spacial score (nSPS) is 11.0. The van der Waals surface area contributed by atoms with Crippen LogP contribution in [0.1, 0.15) is 21.5 Å². The van der Waals surface area contributed by atoms with Crippen molar-refractivity contribution in [1.82, 2.24) is 14.8 Å². The molecule has 148 valence electrons. The van der Waals surface area contributed by atoms with E-state index in [0.717, 1.165) is 28.1 Å². The van der Waals surface area contributed by atoms with Crippen LogP contribution in [-0.4, -0.2) is 27.7 Å². The molecule has 2 heterocycles. The second-order valence-corrected chi connectivity index (χ2v) is 6.78. The number of nitrogens with zero attached hydrogens (tertiary/aromatic N) is 3. The lowest BCUT2D eigenvalue weighted by Gasteiger charge is -2.03. The molecule has 0 aliphatic heterocycles. The maximum atomic E-state index is 12.5. The van der Waals surface area contributed by atoms with Gasteiger partial charge < -0.3 is 4.74 Å². The summed E-state index contributed by atoms with van der Waals surface area (Å²) in [5, 5.41) is 4.78. The third-order valence-electron chi connectivity index (χ3n) is 4.70. The number of ketones is 1. The molecule has 4 aromatic rings. The summed E-state index contributed by atoms with van der Waals surface area (Å²) < 4.78 is 7.15. The van der Waals surface area contributed by atoms with Crippen LogP contribution < -0.4 is 4.74 Å². The third kappa shape index (κ3) is 4.52. The molecule has 0 unspecified atom stereocenters. The number of allylic oxidation sites excluding steroid dienone is 1. The molecule has 0 radical (unpaired) electrons. The summed E-state index contributed by atoms with van der Waals surface area (Å²) in [5.41, 5.74) is 4.34. The van der Waals surface area contributed by atoms with E-state index in [9.17, 15) is 4.79 Å². The van der Waals surface area contributed by atoms with Crippen molar-refractivity contribution in [3.8, 4) is 17.0 Å². The molecule has 0 saturated carbocycles. The van der Waals surface area contributed by atoms with E-state index in [1.54, 1.807) is 37.7 Å². The molecule has 5 nitrogen and oxygen atoms in total. The van der Waals surface area contributed by atoms with E-state index < -0.39 is 0 Å². The van der Waals surface area contributed by atoms with Crippen LogP contribution >= 0.6 is 0 Å². The van der Waals surface area contributed by atoms with Gasteiger partial charge in [-0.2, -0.15) is 5.10 Å². The molecule has 0 aliphatic rings. The van der Waals surface area contributed by atoms with Crippen molar-refractivity contribution >= 4 is 11.9 Å². The number of carbonyl (C=O) groups is 1. The summed E-state index contributed by atoms with van der Waals surface area (Å²) in [4.78, 5) is 16.5. The predicted octanol–water partition coefficient (Wildman–Crippen LogP) is 4.90. The Kier molecular flexibility index (Phi) is 5.80. The zero-order valence-electron chi connectivity index (χ0n) is 16.6. The predicted molar refractivity (Wildman–Crippen MR) is 117 cm³/mol. The molecule has 5 heteroatoms. The fourth-order valence-corrected chi connectivity index (χ4v) is 3.15.